The van der Waals surface area contributed by atoms with Crippen LogP contribution in [0.3, 0.4) is 0 Å². The van der Waals surface area contributed by atoms with Crippen molar-refractivity contribution in [2.75, 3.05) is 13.2 Å². The summed E-state index contributed by atoms with van der Waals surface area (Å²) in [7, 11) is 0. The van der Waals surface area contributed by atoms with E-state index in [0.717, 1.165) is 51.4 Å². The van der Waals surface area contributed by atoms with Crippen LogP contribution < -0.4 is 10.6 Å². The molecular formula is C20H32N2O6. The van der Waals surface area contributed by atoms with Crippen LogP contribution in [0.25, 0.3) is 0 Å². The van der Waals surface area contributed by atoms with Gasteiger partial charge in [-0.15, -0.1) is 0 Å². The molecule has 8 nitrogen and oxygen atoms in total. The van der Waals surface area contributed by atoms with Crippen LogP contribution in [0.1, 0.15) is 71.1 Å². The van der Waals surface area contributed by atoms with Crippen LogP contribution in [0.15, 0.2) is 12.2 Å². The van der Waals surface area contributed by atoms with Crippen molar-refractivity contribution in [2.45, 2.75) is 77.2 Å². The van der Waals surface area contributed by atoms with E-state index < -0.39 is 18.0 Å². The molecule has 0 aromatic heterocycles. The third-order valence-corrected chi connectivity index (χ3v) is 4.38. The second-order valence-electron chi connectivity index (χ2n) is 7.02. The summed E-state index contributed by atoms with van der Waals surface area (Å²) in [6.45, 7) is 6.01. The zero-order valence-electron chi connectivity index (χ0n) is 16.7. The molecule has 0 aromatic rings. The molecule has 1 fully saturated rings. The predicted octanol–water partition coefficient (Wildman–Crippen LogP) is 2.76. The highest BCUT2D eigenvalue weighted by molar-refractivity contribution is 6.04. The zero-order chi connectivity index (χ0) is 20.8. The van der Waals surface area contributed by atoms with Gasteiger partial charge in [0.15, 0.2) is 0 Å². The molecule has 2 N–H and O–H groups in total. The Morgan fingerprint density at radius 3 is 1.96 bits per heavy atom. The van der Waals surface area contributed by atoms with E-state index in [2.05, 4.69) is 17.2 Å². The molecule has 1 atom stereocenters. The van der Waals surface area contributed by atoms with Crippen LogP contribution in [0.2, 0.25) is 0 Å². The molecule has 1 rings (SSSR count). The fraction of sp³-hybridized carbons (Fsp3) is 0.700. The predicted molar refractivity (Wildman–Crippen MR) is 103 cm³/mol. The Hall–Kier alpha value is -2.38. The lowest BCUT2D eigenvalue weighted by Crippen LogP contribution is -2.29. The van der Waals surface area contributed by atoms with E-state index in [1.54, 1.807) is 6.92 Å². The third kappa shape index (κ3) is 10.7. The van der Waals surface area contributed by atoms with Crippen LogP contribution in [0.4, 0.5) is 4.79 Å². The summed E-state index contributed by atoms with van der Waals surface area (Å²) in [4.78, 5) is 45.1. The second-order valence-corrected chi connectivity index (χ2v) is 7.02. The number of imide groups is 1. The van der Waals surface area contributed by atoms with Gasteiger partial charge in [0.25, 0.3) is 5.91 Å². The summed E-state index contributed by atoms with van der Waals surface area (Å²) in [6, 6.07) is -1.16. The van der Waals surface area contributed by atoms with E-state index in [4.69, 9.17) is 9.47 Å². The van der Waals surface area contributed by atoms with Gasteiger partial charge in [-0.1, -0.05) is 45.1 Å². The Balaban J connectivity index is 1.84. The average molecular weight is 396 g/mol. The first-order chi connectivity index (χ1) is 13.4. The highest BCUT2D eigenvalue weighted by Gasteiger charge is 2.29. The van der Waals surface area contributed by atoms with Gasteiger partial charge < -0.3 is 14.8 Å². The molecule has 0 aromatic carbocycles. The van der Waals surface area contributed by atoms with Gasteiger partial charge >= 0.3 is 18.0 Å². The minimum atomic E-state index is -0.641. The van der Waals surface area contributed by atoms with Crippen LogP contribution >= 0.6 is 0 Å². The number of urea groups is 1. The largest absolute Gasteiger partial charge is 0.466 e. The Kier molecular flexibility index (Phi) is 11.6. The van der Waals surface area contributed by atoms with Crippen molar-refractivity contribution in [3.05, 3.63) is 12.2 Å². The van der Waals surface area contributed by atoms with Crippen LogP contribution in [0, 0.1) is 0 Å². The number of rotatable bonds is 15. The number of hydrogen-bond donors (Lipinski definition) is 2. The van der Waals surface area contributed by atoms with Crippen molar-refractivity contribution >= 4 is 23.9 Å². The maximum Gasteiger partial charge on any atom is 0.333 e. The fourth-order valence-corrected chi connectivity index (χ4v) is 2.74. The number of ether oxygens (including phenoxy) is 2. The molecule has 1 unspecified atom stereocenters. The Morgan fingerprint density at radius 2 is 1.46 bits per heavy atom. The van der Waals surface area contributed by atoms with Gasteiger partial charge in [-0.3, -0.25) is 14.9 Å². The van der Waals surface area contributed by atoms with Gasteiger partial charge in [-0.05, 0) is 26.2 Å². The molecule has 1 aliphatic rings. The molecule has 3 amide bonds. The summed E-state index contributed by atoms with van der Waals surface area (Å²) in [5.74, 6) is -1.07. The van der Waals surface area contributed by atoms with E-state index >= 15 is 0 Å². The number of esters is 2. The minimum absolute atomic E-state index is 0.111. The molecular weight excluding hydrogens is 364 g/mol. The summed E-state index contributed by atoms with van der Waals surface area (Å²) < 4.78 is 10.2. The zero-order valence-corrected chi connectivity index (χ0v) is 16.7. The Bertz CT molecular complexity index is 561. The van der Waals surface area contributed by atoms with E-state index in [-0.39, 0.29) is 24.8 Å². The standard InChI is InChI=1S/C20H32N2O6/c1-15(2)19(25)28-14-10-8-6-4-3-5-7-9-13-27-17(23)12-11-16-18(24)22-20(26)21-16/h16H,1,3-14H2,2H3,(H2,21,22,24,26). The maximum atomic E-state index is 11.6. The van der Waals surface area contributed by atoms with Crippen LogP contribution in [0.5, 0.6) is 0 Å². The van der Waals surface area contributed by atoms with E-state index in [9.17, 15) is 19.2 Å². The lowest BCUT2D eigenvalue weighted by atomic mass is 10.1. The summed E-state index contributed by atoms with van der Waals surface area (Å²) in [5.41, 5.74) is 0.431. The van der Waals surface area contributed by atoms with Crippen molar-refractivity contribution in [3.8, 4) is 0 Å². The smallest absolute Gasteiger partial charge is 0.333 e. The highest BCUT2D eigenvalue weighted by Crippen LogP contribution is 2.10. The highest BCUT2D eigenvalue weighted by atomic mass is 16.5. The number of nitrogens with one attached hydrogen (secondary N) is 2. The normalized spacial score (nSPS) is 15.7. The van der Waals surface area contributed by atoms with E-state index in [1.807, 2.05) is 0 Å². The van der Waals surface area contributed by atoms with Crippen LogP contribution in [-0.4, -0.2) is 43.1 Å². The van der Waals surface area contributed by atoms with E-state index in [1.165, 1.54) is 0 Å². The number of carbonyl (C=O) groups is 4. The second kappa shape index (κ2) is 13.7. The topological polar surface area (TPSA) is 111 Å². The maximum absolute atomic E-state index is 11.6. The first-order valence-electron chi connectivity index (χ1n) is 9.99. The van der Waals surface area contributed by atoms with Gasteiger partial charge in [0, 0.05) is 12.0 Å². The van der Waals surface area contributed by atoms with E-state index in [0.29, 0.717) is 18.8 Å². The SMILES string of the molecule is C=C(C)C(=O)OCCCCCCCCCCOC(=O)CCC1NC(=O)NC1=O. The molecule has 1 heterocycles. The quantitative estimate of drug-likeness (QED) is 0.191. The summed E-state index contributed by atoms with van der Waals surface area (Å²) in [5, 5.41) is 4.57. The van der Waals surface area contributed by atoms with Gasteiger partial charge in [0.1, 0.15) is 6.04 Å². The molecule has 0 bridgehead atoms. The molecule has 28 heavy (non-hydrogen) atoms. The fourth-order valence-electron chi connectivity index (χ4n) is 2.74. The van der Waals surface area contributed by atoms with Crippen molar-refractivity contribution in [1.82, 2.24) is 10.6 Å². The average Bonchev–Trinajstić information content (AvgIpc) is 2.97. The molecule has 1 aliphatic heterocycles. The Morgan fingerprint density at radius 1 is 0.929 bits per heavy atom. The molecule has 8 heteroatoms. The number of amides is 3. The molecule has 0 spiro atoms. The number of unbranched alkanes of at least 4 members (excludes halogenated alkanes) is 7. The third-order valence-electron chi connectivity index (χ3n) is 4.38. The molecule has 0 radical (unpaired) electrons. The van der Waals surface area contributed by atoms with Crippen molar-refractivity contribution < 1.29 is 28.7 Å². The number of hydrogen-bond acceptors (Lipinski definition) is 6. The first kappa shape index (κ1) is 23.7. The summed E-state index contributed by atoms with van der Waals surface area (Å²) >= 11 is 0. The monoisotopic (exact) mass is 396 g/mol. The van der Waals surface area contributed by atoms with Gasteiger partial charge in [0.2, 0.25) is 0 Å². The van der Waals surface area contributed by atoms with Gasteiger partial charge in [0.05, 0.1) is 13.2 Å². The Labute approximate surface area is 166 Å². The number of carbonyl (C=O) groups excluding carboxylic acids is 4. The van der Waals surface area contributed by atoms with Crippen molar-refractivity contribution in [3.63, 3.8) is 0 Å². The lowest BCUT2D eigenvalue weighted by molar-refractivity contribution is -0.144. The molecule has 1 saturated heterocycles. The van der Waals surface area contributed by atoms with Gasteiger partial charge in [-0.2, -0.15) is 0 Å². The molecule has 0 aliphatic carbocycles. The van der Waals surface area contributed by atoms with Crippen molar-refractivity contribution in [2.24, 2.45) is 0 Å². The van der Waals surface area contributed by atoms with Crippen molar-refractivity contribution in [1.29, 1.82) is 0 Å². The summed E-state index contributed by atoms with van der Waals surface area (Å²) in [6.07, 6.45) is 8.60. The first-order valence-corrected chi connectivity index (χ1v) is 9.99. The minimum Gasteiger partial charge on any atom is -0.466 e. The molecule has 158 valence electrons. The molecule has 0 saturated carbocycles. The lowest BCUT2D eigenvalue weighted by Gasteiger charge is -2.07. The van der Waals surface area contributed by atoms with Crippen LogP contribution in [-0.2, 0) is 23.9 Å². The van der Waals surface area contributed by atoms with Gasteiger partial charge in [-0.25, -0.2) is 9.59 Å².